The number of hydrogen-bond donors (Lipinski definition) is 1. The fraction of sp³-hybridized carbons (Fsp3) is 0.455. The molecule has 0 radical (unpaired) electrons. The topological polar surface area (TPSA) is 29.3 Å². The molecule has 0 aromatic heterocycles. The quantitative estimate of drug-likeness (QED) is 0.748. The van der Waals surface area contributed by atoms with Crippen LogP contribution in [0.5, 0.6) is 0 Å². The number of nitrogens with zero attached hydrogens (tertiary/aromatic N) is 1. The number of hydrogen-bond acceptors (Lipinski definition) is 2. The van der Waals surface area contributed by atoms with Gasteiger partial charge in [0.2, 0.25) is 0 Å². The summed E-state index contributed by atoms with van der Waals surface area (Å²) in [5, 5.41) is 0. The molecule has 3 heteroatoms. The molecule has 1 saturated carbocycles. The molecule has 2 nitrogen and oxygen atoms in total. The molecule has 0 aliphatic heterocycles. The van der Waals surface area contributed by atoms with Gasteiger partial charge in [-0.15, -0.1) is 0 Å². The first-order valence-electron chi connectivity index (χ1n) is 4.93. The Morgan fingerprint density at radius 1 is 1.50 bits per heavy atom. The monoisotopic (exact) mass is 194 g/mol. The van der Waals surface area contributed by atoms with E-state index in [0.29, 0.717) is 11.4 Å². The normalized spacial score (nSPS) is 15.6. The van der Waals surface area contributed by atoms with Crippen molar-refractivity contribution in [1.82, 2.24) is 0 Å². The summed E-state index contributed by atoms with van der Waals surface area (Å²) in [6.45, 7) is 0.945. The van der Waals surface area contributed by atoms with Gasteiger partial charge in [-0.2, -0.15) is 0 Å². The van der Waals surface area contributed by atoms with Crippen LogP contribution in [0.25, 0.3) is 0 Å². The van der Waals surface area contributed by atoms with Crippen LogP contribution in [-0.4, -0.2) is 13.6 Å². The second kappa shape index (κ2) is 3.48. The highest BCUT2D eigenvalue weighted by Gasteiger charge is 2.23. The number of nitrogen functional groups attached to an aromatic ring is 1. The highest BCUT2D eigenvalue weighted by atomic mass is 19.1. The zero-order valence-electron chi connectivity index (χ0n) is 8.33. The average Bonchev–Trinajstić information content (AvgIpc) is 2.87. The van der Waals surface area contributed by atoms with Crippen LogP contribution >= 0.6 is 0 Å². The molecule has 0 heterocycles. The van der Waals surface area contributed by atoms with E-state index in [9.17, 15) is 4.39 Å². The van der Waals surface area contributed by atoms with Crippen molar-refractivity contribution in [3.8, 4) is 0 Å². The van der Waals surface area contributed by atoms with Crippen LogP contribution in [0.2, 0.25) is 0 Å². The van der Waals surface area contributed by atoms with Gasteiger partial charge in [0.15, 0.2) is 0 Å². The molecule has 0 bridgehead atoms. The lowest BCUT2D eigenvalue weighted by molar-refractivity contribution is 0.620. The van der Waals surface area contributed by atoms with E-state index in [1.165, 1.54) is 18.9 Å². The van der Waals surface area contributed by atoms with Crippen LogP contribution in [0.4, 0.5) is 15.8 Å². The summed E-state index contributed by atoms with van der Waals surface area (Å²) in [5.41, 5.74) is 6.61. The van der Waals surface area contributed by atoms with Crippen LogP contribution in [-0.2, 0) is 0 Å². The number of anilines is 2. The van der Waals surface area contributed by atoms with Crippen molar-refractivity contribution in [3.05, 3.63) is 24.0 Å². The minimum Gasteiger partial charge on any atom is -0.399 e. The van der Waals surface area contributed by atoms with Crippen molar-refractivity contribution in [2.45, 2.75) is 12.8 Å². The Hall–Kier alpha value is -1.25. The van der Waals surface area contributed by atoms with Crippen molar-refractivity contribution in [2.24, 2.45) is 5.92 Å². The molecule has 0 unspecified atom stereocenters. The van der Waals surface area contributed by atoms with Crippen LogP contribution in [0.3, 0.4) is 0 Å². The standard InChI is InChI=1S/C11H15FN2/c1-14(7-8-2-3-8)11-5-4-9(13)6-10(11)12/h4-6,8H,2-3,7,13H2,1H3. The van der Waals surface area contributed by atoms with E-state index in [-0.39, 0.29) is 5.82 Å². The van der Waals surface area contributed by atoms with Crippen molar-refractivity contribution in [1.29, 1.82) is 0 Å². The Bertz CT molecular complexity index is 334. The lowest BCUT2D eigenvalue weighted by Crippen LogP contribution is -2.21. The molecule has 2 N–H and O–H groups in total. The Balaban J connectivity index is 2.13. The largest absolute Gasteiger partial charge is 0.399 e. The maximum Gasteiger partial charge on any atom is 0.148 e. The first kappa shape index (κ1) is 9.31. The van der Waals surface area contributed by atoms with Gasteiger partial charge in [0, 0.05) is 19.3 Å². The van der Waals surface area contributed by atoms with E-state index in [4.69, 9.17) is 5.73 Å². The molecule has 76 valence electrons. The number of halogens is 1. The zero-order chi connectivity index (χ0) is 10.1. The molecule has 0 amide bonds. The van der Waals surface area contributed by atoms with E-state index in [1.54, 1.807) is 12.1 Å². The van der Waals surface area contributed by atoms with Gasteiger partial charge >= 0.3 is 0 Å². The van der Waals surface area contributed by atoms with Crippen molar-refractivity contribution < 1.29 is 4.39 Å². The van der Waals surface area contributed by atoms with Gasteiger partial charge in [-0.05, 0) is 37.0 Å². The third-order valence-electron chi connectivity index (χ3n) is 2.61. The Labute approximate surface area is 83.5 Å². The van der Waals surface area contributed by atoms with E-state index in [1.807, 2.05) is 11.9 Å². The number of rotatable bonds is 3. The fourth-order valence-electron chi connectivity index (χ4n) is 1.62. The van der Waals surface area contributed by atoms with Crippen molar-refractivity contribution >= 4 is 11.4 Å². The summed E-state index contributed by atoms with van der Waals surface area (Å²) in [6.07, 6.45) is 2.56. The molecule has 1 aliphatic carbocycles. The van der Waals surface area contributed by atoms with E-state index in [2.05, 4.69) is 0 Å². The summed E-state index contributed by atoms with van der Waals surface area (Å²) < 4.78 is 13.5. The Kier molecular flexibility index (Phi) is 2.32. The SMILES string of the molecule is CN(CC1CC1)c1ccc(N)cc1F. The molecular weight excluding hydrogens is 179 g/mol. The van der Waals surface area contributed by atoms with Crippen molar-refractivity contribution in [3.63, 3.8) is 0 Å². The van der Waals surface area contributed by atoms with Gasteiger partial charge in [0.25, 0.3) is 0 Å². The Morgan fingerprint density at radius 3 is 2.79 bits per heavy atom. The maximum absolute atomic E-state index is 13.5. The molecule has 0 atom stereocenters. The third-order valence-corrected chi connectivity index (χ3v) is 2.61. The predicted molar refractivity (Wildman–Crippen MR) is 56.8 cm³/mol. The molecule has 0 spiro atoms. The molecule has 2 rings (SSSR count). The number of nitrogens with two attached hydrogens (primary N) is 1. The second-order valence-corrected chi connectivity index (χ2v) is 4.03. The molecule has 1 fully saturated rings. The van der Waals surface area contributed by atoms with Crippen molar-refractivity contribution in [2.75, 3.05) is 24.2 Å². The van der Waals surface area contributed by atoms with Gasteiger partial charge in [-0.3, -0.25) is 0 Å². The summed E-state index contributed by atoms with van der Waals surface area (Å²) >= 11 is 0. The maximum atomic E-state index is 13.5. The Morgan fingerprint density at radius 2 is 2.21 bits per heavy atom. The van der Waals surface area contributed by atoms with Crippen LogP contribution in [0.1, 0.15) is 12.8 Å². The van der Waals surface area contributed by atoms with E-state index < -0.39 is 0 Å². The summed E-state index contributed by atoms with van der Waals surface area (Å²) in [5.74, 6) is 0.533. The molecular formula is C11H15FN2. The highest BCUT2D eigenvalue weighted by molar-refractivity contribution is 5.54. The molecule has 14 heavy (non-hydrogen) atoms. The fourth-order valence-corrected chi connectivity index (χ4v) is 1.62. The van der Waals surface area contributed by atoms with Gasteiger partial charge in [0.05, 0.1) is 5.69 Å². The van der Waals surface area contributed by atoms with E-state index in [0.717, 1.165) is 12.5 Å². The smallest absolute Gasteiger partial charge is 0.148 e. The zero-order valence-corrected chi connectivity index (χ0v) is 8.33. The molecule has 1 aromatic carbocycles. The van der Waals surface area contributed by atoms with Crippen LogP contribution in [0, 0.1) is 11.7 Å². The summed E-state index contributed by atoms with van der Waals surface area (Å²) in [7, 11) is 1.92. The first-order chi connectivity index (χ1) is 6.66. The minimum atomic E-state index is -0.229. The molecule has 1 aliphatic rings. The predicted octanol–water partition coefficient (Wildman–Crippen LogP) is 2.25. The van der Waals surface area contributed by atoms with Crippen LogP contribution in [0.15, 0.2) is 18.2 Å². The molecule has 0 saturated heterocycles. The summed E-state index contributed by atoms with van der Waals surface area (Å²) in [4.78, 5) is 1.96. The summed E-state index contributed by atoms with van der Waals surface area (Å²) in [6, 6.07) is 4.85. The second-order valence-electron chi connectivity index (χ2n) is 4.03. The lowest BCUT2D eigenvalue weighted by Gasteiger charge is -2.19. The molecule has 1 aromatic rings. The minimum absolute atomic E-state index is 0.229. The average molecular weight is 194 g/mol. The third kappa shape index (κ3) is 1.97. The van der Waals surface area contributed by atoms with Gasteiger partial charge in [-0.25, -0.2) is 4.39 Å². The van der Waals surface area contributed by atoms with Gasteiger partial charge in [-0.1, -0.05) is 0 Å². The first-order valence-corrected chi connectivity index (χ1v) is 4.93. The highest BCUT2D eigenvalue weighted by Crippen LogP contribution is 2.31. The van der Waals surface area contributed by atoms with Gasteiger partial charge in [0.1, 0.15) is 5.82 Å². The lowest BCUT2D eigenvalue weighted by atomic mass is 10.2. The van der Waals surface area contributed by atoms with E-state index >= 15 is 0 Å². The number of benzene rings is 1. The van der Waals surface area contributed by atoms with Crippen LogP contribution < -0.4 is 10.6 Å². The van der Waals surface area contributed by atoms with Gasteiger partial charge < -0.3 is 10.6 Å².